The van der Waals surface area contributed by atoms with Gasteiger partial charge in [0.15, 0.2) is 0 Å². The van der Waals surface area contributed by atoms with Crippen molar-refractivity contribution in [2.24, 2.45) is 5.73 Å². The summed E-state index contributed by atoms with van der Waals surface area (Å²) in [4.78, 5) is 13.4. The first kappa shape index (κ1) is 13.7. The van der Waals surface area contributed by atoms with Crippen LogP contribution in [-0.4, -0.2) is 35.4 Å². The minimum atomic E-state index is -0.235. The molecule has 0 aromatic rings. The lowest BCUT2D eigenvalue weighted by Gasteiger charge is -2.27. The van der Waals surface area contributed by atoms with Gasteiger partial charge < -0.3 is 16.0 Å². The average Bonchev–Trinajstić information content (AvgIpc) is 2.01. The molecule has 0 aliphatic rings. The van der Waals surface area contributed by atoms with Crippen LogP contribution in [-0.2, 0) is 0 Å². The number of rotatable bonds is 4. The van der Waals surface area contributed by atoms with Gasteiger partial charge in [-0.1, -0.05) is 0 Å². The smallest absolute Gasteiger partial charge is 0.317 e. The van der Waals surface area contributed by atoms with Crippen molar-refractivity contribution in [1.82, 2.24) is 10.2 Å². The number of amidine groups is 1. The number of hydrogen-bond donors (Lipinski definition) is 3. The SMILES string of the molecule is CCN(CCC(=N)N)C(=O)NC(C)(C)C. The summed E-state index contributed by atoms with van der Waals surface area (Å²) < 4.78 is 0. The van der Waals surface area contributed by atoms with Crippen LogP contribution in [0.5, 0.6) is 0 Å². The maximum absolute atomic E-state index is 11.7. The summed E-state index contributed by atoms with van der Waals surface area (Å²) in [5, 5.41) is 9.97. The molecule has 4 N–H and O–H groups in total. The van der Waals surface area contributed by atoms with E-state index < -0.39 is 0 Å². The molecule has 0 aromatic heterocycles. The number of carbonyl (C=O) groups excluding carboxylic acids is 1. The van der Waals surface area contributed by atoms with Gasteiger partial charge in [0, 0.05) is 25.0 Å². The van der Waals surface area contributed by atoms with Gasteiger partial charge in [-0.05, 0) is 27.7 Å². The second-order valence-corrected chi connectivity index (χ2v) is 4.54. The van der Waals surface area contributed by atoms with E-state index in [1.807, 2.05) is 27.7 Å². The van der Waals surface area contributed by atoms with E-state index >= 15 is 0 Å². The standard InChI is InChI=1S/C10H22N4O/c1-5-14(7-6-8(11)12)9(15)13-10(2,3)4/h5-7H2,1-4H3,(H3,11,12)(H,13,15). The van der Waals surface area contributed by atoms with E-state index in [9.17, 15) is 4.79 Å². The second-order valence-electron chi connectivity index (χ2n) is 4.54. The van der Waals surface area contributed by atoms with Gasteiger partial charge in [0.2, 0.25) is 0 Å². The molecule has 0 atom stereocenters. The predicted octanol–water partition coefficient (Wildman–Crippen LogP) is 1.14. The van der Waals surface area contributed by atoms with E-state index in [-0.39, 0.29) is 17.4 Å². The Labute approximate surface area is 91.5 Å². The zero-order chi connectivity index (χ0) is 12.1. The fourth-order valence-corrected chi connectivity index (χ4v) is 1.06. The Kier molecular flexibility index (Phi) is 5.11. The van der Waals surface area contributed by atoms with Crippen molar-refractivity contribution >= 4 is 11.9 Å². The molecule has 0 fully saturated rings. The van der Waals surface area contributed by atoms with Gasteiger partial charge >= 0.3 is 6.03 Å². The number of amides is 2. The highest BCUT2D eigenvalue weighted by atomic mass is 16.2. The van der Waals surface area contributed by atoms with Crippen LogP contribution in [0.4, 0.5) is 4.79 Å². The Morgan fingerprint density at radius 2 is 2.00 bits per heavy atom. The maximum atomic E-state index is 11.7. The van der Waals surface area contributed by atoms with Gasteiger partial charge in [-0.3, -0.25) is 5.41 Å². The number of urea groups is 1. The van der Waals surface area contributed by atoms with Crippen molar-refractivity contribution in [2.75, 3.05) is 13.1 Å². The fourth-order valence-electron chi connectivity index (χ4n) is 1.06. The topological polar surface area (TPSA) is 82.2 Å². The molecule has 2 amide bonds. The lowest BCUT2D eigenvalue weighted by molar-refractivity contribution is 0.192. The molecule has 0 saturated carbocycles. The summed E-state index contributed by atoms with van der Waals surface area (Å²) in [6.07, 6.45) is 0.422. The van der Waals surface area contributed by atoms with E-state index in [0.29, 0.717) is 19.5 Å². The summed E-state index contributed by atoms with van der Waals surface area (Å²) in [5.74, 6) is 0.108. The molecule has 0 saturated heterocycles. The van der Waals surface area contributed by atoms with Gasteiger partial charge in [0.25, 0.3) is 0 Å². The number of nitrogens with zero attached hydrogens (tertiary/aromatic N) is 1. The second kappa shape index (κ2) is 5.58. The van der Waals surface area contributed by atoms with Gasteiger partial charge in [-0.25, -0.2) is 4.79 Å². The molecule has 88 valence electrons. The highest BCUT2D eigenvalue weighted by molar-refractivity contribution is 5.79. The van der Waals surface area contributed by atoms with E-state index in [1.54, 1.807) is 4.90 Å². The lowest BCUT2D eigenvalue weighted by atomic mass is 10.1. The molecule has 0 bridgehead atoms. The minimum Gasteiger partial charge on any atom is -0.388 e. The molecule has 0 aliphatic heterocycles. The third-order valence-corrected chi connectivity index (χ3v) is 1.80. The van der Waals surface area contributed by atoms with Crippen molar-refractivity contribution in [3.63, 3.8) is 0 Å². The first-order valence-corrected chi connectivity index (χ1v) is 5.16. The average molecular weight is 214 g/mol. The number of nitrogens with one attached hydrogen (secondary N) is 2. The summed E-state index contributed by atoms with van der Waals surface area (Å²) in [5.41, 5.74) is 5.01. The third kappa shape index (κ3) is 6.76. The molecule has 0 radical (unpaired) electrons. The van der Waals surface area contributed by atoms with Gasteiger partial charge in [-0.15, -0.1) is 0 Å². The molecule has 0 aromatic carbocycles. The largest absolute Gasteiger partial charge is 0.388 e. The zero-order valence-corrected chi connectivity index (χ0v) is 10.1. The van der Waals surface area contributed by atoms with Crippen molar-refractivity contribution < 1.29 is 4.79 Å². The van der Waals surface area contributed by atoms with Crippen molar-refractivity contribution in [2.45, 2.75) is 39.7 Å². The Bertz CT molecular complexity index is 232. The highest BCUT2D eigenvalue weighted by Gasteiger charge is 2.18. The molecule has 0 spiro atoms. The maximum Gasteiger partial charge on any atom is 0.317 e. The molecular formula is C10H22N4O. The summed E-state index contributed by atoms with van der Waals surface area (Å²) in [6.45, 7) is 8.82. The number of hydrogen-bond acceptors (Lipinski definition) is 2. The van der Waals surface area contributed by atoms with Crippen molar-refractivity contribution in [1.29, 1.82) is 5.41 Å². The van der Waals surface area contributed by atoms with Crippen LogP contribution in [0.2, 0.25) is 0 Å². The molecule has 5 nitrogen and oxygen atoms in total. The monoisotopic (exact) mass is 214 g/mol. The molecular weight excluding hydrogens is 192 g/mol. The number of nitrogens with two attached hydrogens (primary N) is 1. The molecule has 0 heterocycles. The van der Waals surface area contributed by atoms with Crippen LogP contribution in [0.25, 0.3) is 0 Å². The summed E-state index contributed by atoms with van der Waals surface area (Å²) in [6, 6.07) is -0.105. The molecule has 0 unspecified atom stereocenters. The first-order chi connectivity index (χ1) is 6.76. The quantitative estimate of drug-likeness (QED) is 0.484. The Morgan fingerprint density at radius 1 is 1.47 bits per heavy atom. The van der Waals surface area contributed by atoms with Crippen LogP contribution in [0.3, 0.4) is 0 Å². The van der Waals surface area contributed by atoms with E-state index in [1.165, 1.54) is 0 Å². The third-order valence-electron chi connectivity index (χ3n) is 1.80. The number of carbonyl (C=O) groups is 1. The fraction of sp³-hybridized carbons (Fsp3) is 0.800. The van der Waals surface area contributed by atoms with E-state index in [4.69, 9.17) is 11.1 Å². The molecule has 15 heavy (non-hydrogen) atoms. The Morgan fingerprint density at radius 3 is 2.33 bits per heavy atom. The van der Waals surface area contributed by atoms with Crippen LogP contribution in [0.1, 0.15) is 34.1 Å². The molecule has 0 aliphatic carbocycles. The van der Waals surface area contributed by atoms with Crippen LogP contribution >= 0.6 is 0 Å². The van der Waals surface area contributed by atoms with Gasteiger partial charge in [0.05, 0.1) is 5.84 Å². The summed E-state index contributed by atoms with van der Waals surface area (Å²) in [7, 11) is 0. The highest BCUT2D eigenvalue weighted by Crippen LogP contribution is 2.01. The summed E-state index contributed by atoms with van der Waals surface area (Å²) >= 11 is 0. The van der Waals surface area contributed by atoms with Crippen LogP contribution in [0, 0.1) is 5.41 Å². The van der Waals surface area contributed by atoms with Crippen molar-refractivity contribution in [3.05, 3.63) is 0 Å². The van der Waals surface area contributed by atoms with E-state index in [0.717, 1.165) is 0 Å². The Balaban J connectivity index is 4.16. The van der Waals surface area contributed by atoms with Crippen LogP contribution < -0.4 is 11.1 Å². The predicted molar refractivity (Wildman–Crippen MR) is 62.1 cm³/mol. The van der Waals surface area contributed by atoms with Crippen molar-refractivity contribution in [3.8, 4) is 0 Å². The first-order valence-electron chi connectivity index (χ1n) is 5.16. The van der Waals surface area contributed by atoms with Gasteiger partial charge in [-0.2, -0.15) is 0 Å². The lowest BCUT2D eigenvalue weighted by Crippen LogP contribution is -2.49. The van der Waals surface area contributed by atoms with E-state index in [2.05, 4.69) is 5.32 Å². The zero-order valence-electron chi connectivity index (χ0n) is 10.1. The molecule has 0 rings (SSSR count). The normalized spacial score (nSPS) is 10.9. The van der Waals surface area contributed by atoms with Gasteiger partial charge in [0.1, 0.15) is 0 Å². The minimum absolute atomic E-state index is 0.105. The van der Waals surface area contributed by atoms with Crippen LogP contribution in [0.15, 0.2) is 0 Å². The molecule has 5 heteroatoms. The Hall–Kier alpha value is -1.26.